The van der Waals surface area contributed by atoms with Gasteiger partial charge in [-0.1, -0.05) is 12.1 Å². The molecule has 0 aliphatic carbocycles. The first-order valence-electron chi connectivity index (χ1n) is 4.55. The van der Waals surface area contributed by atoms with Crippen molar-refractivity contribution in [2.24, 2.45) is 0 Å². The Morgan fingerprint density at radius 2 is 2.19 bits per heavy atom. The van der Waals surface area contributed by atoms with Gasteiger partial charge in [0.25, 0.3) is 0 Å². The van der Waals surface area contributed by atoms with E-state index in [4.69, 9.17) is 4.74 Å². The lowest BCUT2D eigenvalue weighted by molar-refractivity contribution is 0.0728. The summed E-state index contributed by atoms with van der Waals surface area (Å²) in [6, 6.07) is 7.37. The molecule has 0 aliphatic rings. The van der Waals surface area contributed by atoms with Gasteiger partial charge in [-0.3, -0.25) is 0 Å². The molecule has 16 heavy (non-hydrogen) atoms. The van der Waals surface area contributed by atoms with Crippen LogP contribution in [0, 0.1) is 10.5 Å². The summed E-state index contributed by atoms with van der Waals surface area (Å²) in [6.07, 6.45) is 0. The molecule has 0 amide bonds. The van der Waals surface area contributed by atoms with Crippen molar-refractivity contribution in [1.29, 1.82) is 0 Å². The lowest BCUT2D eigenvalue weighted by Crippen LogP contribution is -2.09. The number of para-hydroxylation sites is 1. The van der Waals surface area contributed by atoms with Crippen LogP contribution < -0.4 is 4.74 Å². The molecule has 0 bridgehead atoms. The fourth-order valence-electron chi connectivity index (χ4n) is 1.14. The lowest BCUT2D eigenvalue weighted by Gasteiger charge is -2.03. The van der Waals surface area contributed by atoms with Crippen molar-refractivity contribution < 1.29 is 9.53 Å². The van der Waals surface area contributed by atoms with Crippen molar-refractivity contribution >= 4 is 39.9 Å². The molecule has 3 nitrogen and oxygen atoms in total. The number of hydrogen-bond acceptors (Lipinski definition) is 4. The van der Waals surface area contributed by atoms with Crippen molar-refractivity contribution in [3.63, 3.8) is 0 Å². The molecule has 0 radical (unpaired) electrons. The highest BCUT2D eigenvalue weighted by atomic mass is 127. The van der Waals surface area contributed by atoms with Gasteiger partial charge in [0.2, 0.25) is 0 Å². The van der Waals surface area contributed by atoms with Crippen LogP contribution >= 0.6 is 33.9 Å². The Morgan fingerprint density at radius 1 is 1.44 bits per heavy atom. The molecule has 1 heterocycles. The monoisotopic (exact) mass is 345 g/mol. The second-order valence-electron chi connectivity index (χ2n) is 3.07. The van der Waals surface area contributed by atoms with Crippen molar-refractivity contribution in [2.75, 3.05) is 0 Å². The number of halogens is 1. The van der Waals surface area contributed by atoms with E-state index in [0.29, 0.717) is 11.4 Å². The number of ether oxygens (including phenoxy) is 1. The first-order valence-corrected chi connectivity index (χ1v) is 6.51. The minimum atomic E-state index is -0.409. The summed E-state index contributed by atoms with van der Waals surface area (Å²) in [6.45, 7) is 1.85. The van der Waals surface area contributed by atoms with Crippen molar-refractivity contribution in [3.8, 4) is 5.75 Å². The maximum Gasteiger partial charge on any atom is 0.363 e. The van der Waals surface area contributed by atoms with Crippen LogP contribution in [0.4, 0.5) is 0 Å². The van der Waals surface area contributed by atoms with Gasteiger partial charge in [0, 0.05) is 5.38 Å². The van der Waals surface area contributed by atoms with E-state index in [0.717, 1.165) is 8.58 Å². The van der Waals surface area contributed by atoms with Crippen LogP contribution in [0.15, 0.2) is 29.6 Å². The van der Waals surface area contributed by atoms with Crippen LogP contribution in [0.25, 0.3) is 0 Å². The van der Waals surface area contributed by atoms with Gasteiger partial charge >= 0.3 is 5.97 Å². The third-order valence-corrected chi connectivity index (χ3v) is 3.53. The number of nitrogens with zero attached hydrogens (tertiary/aromatic N) is 1. The van der Waals surface area contributed by atoms with Gasteiger partial charge in [0.1, 0.15) is 5.75 Å². The van der Waals surface area contributed by atoms with E-state index in [1.54, 1.807) is 11.4 Å². The molecule has 5 heteroatoms. The van der Waals surface area contributed by atoms with Gasteiger partial charge in [-0.25, -0.2) is 9.78 Å². The molecule has 1 aromatic carbocycles. The molecule has 0 fully saturated rings. The van der Waals surface area contributed by atoms with Crippen LogP contribution in [0.3, 0.4) is 0 Å². The van der Waals surface area contributed by atoms with Crippen LogP contribution in [0.5, 0.6) is 5.75 Å². The largest absolute Gasteiger partial charge is 0.421 e. The summed E-state index contributed by atoms with van der Waals surface area (Å²) in [5.41, 5.74) is 0.363. The highest BCUT2D eigenvalue weighted by molar-refractivity contribution is 14.1. The fourth-order valence-corrected chi connectivity index (χ4v) is 2.22. The minimum Gasteiger partial charge on any atom is -0.421 e. The summed E-state index contributed by atoms with van der Waals surface area (Å²) in [5, 5.41) is 2.56. The molecule has 0 aliphatic heterocycles. The Kier molecular flexibility index (Phi) is 3.55. The number of benzene rings is 1. The van der Waals surface area contributed by atoms with Gasteiger partial charge in [0.15, 0.2) is 5.69 Å². The quantitative estimate of drug-likeness (QED) is 0.476. The van der Waals surface area contributed by atoms with Crippen molar-refractivity contribution in [1.82, 2.24) is 4.98 Å². The van der Waals surface area contributed by atoms with Crippen LogP contribution in [-0.4, -0.2) is 11.0 Å². The van der Waals surface area contributed by atoms with Gasteiger partial charge < -0.3 is 4.74 Å². The minimum absolute atomic E-state index is 0.363. The van der Waals surface area contributed by atoms with Crippen molar-refractivity contribution in [2.45, 2.75) is 6.92 Å². The van der Waals surface area contributed by atoms with E-state index in [1.807, 2.05) is 25.1 Å². The van der Waals surface area contributed by atoms with Gasteiger partial charge in [0.05, 0.1) is 8.58 Å². The van der Waals surface area contributed by atoms with Gasteiger partial charge in [-0.15, -0.1) is 11.3 Å². The Hall–Kier alpha value is -0.950. The summed E-state index contributed by atoms with van der Waals surface area (Å²) < 4.78 is 6.15. The Morgan fingerprint density at radius 3 is 2.81 bits per heavy atom. The van der Waals surface area contributed by atoms with Crippen LogP contribution in [0.2, 0.25) is 0 Å². The van der Waals surface area contributed by atoms with E-state index < -0.39 is 5.97 Å². The molecule has 0 N–H and O–H groups in total. The number of aromatic nitrogens is 1. The first kappa shape index (κ1) is 11.5. The van der Waals surface area contributed by atoms with Gasteiger partial charge in [-0.2, -0.15) is 0 Å². The molecule has 0 saturated heterocycles. The second kappa shape index (κ2) is 4.92. The average Bonchev–Trinajstić information content (AvgIpc) is 2.68. The molecule has 0 unspecified atom stereocenters. The number of carbonyl (C=O) groups is 1. The Bertz CT molecular complexity index is 524. The summed E-state index contributed by atoms with van der Waals surface area (Å²) in [5.74, 6) is 0.159. The average molecular weight is 345 g/mol. The van der Waals surface area contributed by atoms with Crippen LogP contribution in [0.1, 0.15) is 15.5 Å². The highest BCUT2D eigenvalue weighted by Gasteiger charge is 2.13. The molecule has 0 spiro atoms. The van der Waals surface area contributed by atoms with E-state index in [9.17, 15) is 4.79 Å². The van der Waals surface area contributed by atoms with Crippen molar-refractivity contribution in [3.05, 3.63) is 43.9 Å². The molecule has 1 aromatic heterocycles. The zero-order valence-electron chi connectivity index (χ0n) is 8.44. The third kappa shape index (κ3) is 2.59. The Labute approximate surface area is 111 Å². The number of thiazole rings is 1. The SMILES string of the molecule is Cc1nc(C(=O)Oc2ccccc2I)cs1. The molecule has 82 valence electrons. The predicted molar refractivity (Wildman–Crippen MR) is 71.0 cm³/mol. The summed E-state index contributed by atoms with van der Waals surface area (Å²) >= 11 is 3.56. The summed E-state index contributed by atoms with van der Waals surface area (Å²) in [4.78, 5) is 15.8. The number of hydrogen-bond donors (Lipinski definition) is 0. The number of aryl methyl sites for hydroxylation is 1. The van der Waals surface area contributed by atoms with E-state index in [2.05, 4.69) is 27.6 Å². The zero-order valence-corrected chi connectivity index (χ0v) is 11.4. The maximum absolute atomic E-state index is 11.7. The zero-order chi connectivity index (χ0) is 11.5. The Balaban J connectivity index is 2.17. The highest BCUT2D eigenvalue weighted by Crippen LogP contribution is 2.21. The summed E-state index contributed by atoms with van der Waals surface area (Å²) in [7, 11) is 0. The molecule has 0 saturated carbocycles. The molecule has 2 aromatic rings. The van der Waals surface area contributed by atoms with Crippen LogP contribution in [-0.2, 0) is 0 Å². The van der Waals surface area contributed by atoms with E-state index in [1.165, 1.54) is 11.3 Å². The molecule has 2 rings (SSSR count). The topological polar surface area (TPSA) is 39.2 Å². The number of carbonyl (C=O) groups excluding carboxylic acids is 1. The van der Waals surface area contributed by atoms with E-state index >= 15 is 0 Å². The predicted octanol–water partition coefficient (Wildman–Crippen LogP) is 3.28. The lowest BCUT2D eigenvalue weighted by atomic mass is 10.3. The number of esters is 1. The standard InChI is InChI=1S/C11H8INO2S/c1-7-13-9(6-16-7)11(14)15-10-5-3-2-4-8(10)12/h2-6H,1H3. The second-order valence-corrected chi connectivity index (χ2v) is 5.30. The van der Waals surface area contributed by atoms with Gasteiger partial charge in [-0.05, 0) is 41.6 Å². The molecular formula is C11H8INO2S. The fraction of sp³-hybridized carbons (Fsp3) is 0.0909. The number of rotatable bonds is 2. The van der Waals surface area contributed by atoms with E-state index in [-0.39, 0.29) is 0 Å². The first-order chi connectivity index (χ1) is 7.66. The normalized spacial score (nSPS) is 10.1. The third-order valence-electron chi connectivity index (χ3n) is 1.87. The maximum atomic E-state index is 11.7. The molecular weight excluding hydrogens is 337 g/mol. The molecule has 0 atom stereocenters. The smallest absolute Gasteiger partial charge is 0.363 e.